The van der Waals surface area contributed by atoms with E-state index in [0.717, 1.165) is 0 Å². The maximum atomic E-state index is 11.0. The van der Waals surface area contributed by atoms with E-state index in [1.165, 1.54) is 12.5 Å². The number of ether oxygens (including phenoxy) is 3. The van der Waals surface area contributed by atoms with E-state index in [4.69, 9.17) is 14.2 Å². The van der Waals surface area contributed by atoms with Crippen molar-refractivity contribution in [1.29, 1.82) is 0 Å². The van der Waals surface area contributed by atoms with Crippen molar-refractivity contribution < 1.29 is 19.0 Å². The molecule has 80 valence electrons. The van der Waals surface area contributed by atoms with Crippen LogP contribution in [0.5, 0.6) is 0 Å². The Balaban J connectivity index is 2.12. The zero-order chi connectivity index (χ0) is 10.4. The summed E-state index contributed by atoms with van der Waals surface area (Å²) in [6.45, 7) is 4.08. The van der Waals surface area contributed by atoms with E-state index in [1.807, 2.05) is 6.92 Å². The predicted molar refractivity (Wildman–Crippen MR) is 50.2 cm³/mol. The molecular formula is C10H16O4. The van der Waals surface area contributed by atoms with Crippen molar-refractivity contribution in [1.82, 2.24) is 0 Å². The van der Waals surface area contributed by atoms with Gasteiger partial charge in [-0.05, 0) is 13.3 Å². The highest BCUT2D eigenvalue weighted by atomic mass is 16.7. The largest absolute Gasteiger partial charge is 0.466 e. The Morgan fingerprint density at radius 3 is 2.64 bits per heavy atom. The van der Waals surface area contributed by atoms with Crippen LogP contribution in [-0.4, -0.2) is 18.4 Å². The lowest BCUT2D eigenvalue weighted by Gasteiger charge is -2.22. The van der Waals surface area contributed by atoms with Crippen LogP contribution in [0.4, 0.5) is 0 Å². The van der Waals surface area contributed by atoms with E-state index in [2.05, 4.69) is 0 Å². The van der Waals surface area contributed by atoms with Crippen molar-refractivity contribution in [3.63, 3.8) is 0 Å². The van der Waals surface area contributed by atoms with Gasteiger partial charge in [0.2, 0.25) is 5.79 Å². The van der Waals surface area contributed by atoms with Gasteiger partial charge >= 0.3 is 5.97 Å². The molecule has 0 aromatic rings. The number of carbonyl (C=O) groups is 1. The molecule has 0 saturated carbocycles. The van der Waals surface area contributed by atoms with Gasteiger partial charge in [0.1, 0.15) is 12.5 Å². The van der Waals surface area contributed by atoms with Gasteiger partial charge in [-0.15, -0.1) is 0 Å². The van der Waals surface area contributed by atoms with Crippen LogP contribution < -0.4 is 0 Å². The highest BCUT2D eigenvalue weighted by Gasteiger charge is 2.28. The summed E-state index contributed by atoms with van der Waals surface area (Å²) in [5.41, 5.74) is 0. The van der Waals surface area contributed by atoms with E-state index in [9.17, 15) is 4.79 Å². The second-order valence-corrected chi connectivity index (χ2v) is 3.30. The number of hydrogen-bond donors (Lipinski definition) is 0. The molecule has 0 aliphatic carbocycles. The molecule has 0 bridgehead atoms. The zero-order valence-corrected chi connectivity index (χ0v) is 8.62. The molecule has 0 unspecified atom stereocenters. The van der Waals surface area contributed by atoms with Gasteiger partial charge in [-0.3, -0.25) is 4.79 Å². The standard InChI is InChI=1S/C10H16O4/c1-3-12-9(11)5-4-6-10(2)13-7-8-14-10/h7-8H,3-6H2,1-2H3. The second-order valence-electron chi connectivity index (χ2n) is 3.30. The van der Waals surface area contributed by atoms with Crippen LogP contribution >= 0.6 is 0 Å². The highest BCUT2D eigenvalue weighted by Crippen LogP contribution is 2.25. The summed E-state index contributed by atoms with van der Waals surface area (Å²) in [6.07, 6.45) is 4.83. The molecule has 0 radical (unpaired) electrons. The van der Waals surface area contributed by atoms with E-state index in [-0.39, 0.29) is 5.97 Å². The summed E-state index contributed by atoms with van der Waals surface area (Å²) in [5, 5.41) is 0. The molecule has 0 atom stereocenters. The van der Waals surface area contributed by atoms with Crippen LogP contribution in [0, 0.1) is 0 Å². The van der Waals surface area contributed by atoms with Crippen LogP contribution in [0.1, 0.15) is 33.1 Å². The van der Waals surface area contributed by atoms with Crippen LogP contribution in [0.25, 0.3) is 0 Å². The van der Waals surface area contributed by atoms with Crippen LogP contribution in [0.15, 0.2) is 12.5 Å². The first kappa shape index (κ1) is 10.9. The summed E-state index contributed by atoms with van der Waals surface area (Å²) in [5.74, 6) is -0.756. The fourth-order valence-electron chi connectivity index (χ4n) is 1.28. The highest BCUT2D eigenvalue weighted by molar-refractivity contribution is 5.69. The first-order valence-electron chi connectivity index (χ1n) is 4.82. The van der Waals surface area contributed by atoms with Gasteiger partial charge in [0, 0.05) is 19.8 Å². The Kier molecular flexibility index (Phi) is 3.80. The van der Waals surface area contributed by atoms with Crippen LogP contribution in [-0.2, 0) is 19.0 Å². The fraction of sp³-hybridized carbons (Fsp3) is 0.700. The molecule has 1 heterocycles. The Labute approximate surface area is 83.8 Å². The molecule has 1 aliphatic heterocycles. The van der Waals surface area contributed by atoms with Crippen molar-refractivity contribution >= 4 is 5.97 Å². The third-order valence-corrected chi connectivity index (χ3v) is 2.01. The maximum Gasteiger partial charge on any atom is 0.305 e. The minimum atomic E-state index is -0.591. The summed E-state index contributed by atoms with van der Waals surface area (Å²) in [7, 11) is 0. The van der Waals surface area contributed by atoms with E-state index in [1.54, 1.807) is 6.92 Å². The first-order chi connectivity index (χ1) is 6.66. The molecule has 14 heavy (non-hydrogen) atoms. The molecule has 0 N–H and O–H groups in total. The minimum absolute atomic E-state index is 0.165. The summed E-state index contributed by atoms with van der Waals surface area (Å²) >= 11 is 0. The third-order valence-electron chi connectivity index (χ3n) is 2.01. The van der Waals surface area contributed by atoms with Gasteiger partial charge in [0.15, 0.2) is 0 Å². The van der Waals surface area contributed by atoms with E-state index < -0.39 is 5.79 Å². The smallest absolute Gasteiger partial charge is 0.305 e. The normalized spacial score (nSPS) is 17.3. The van der Waals surface area contributed by atoms with Gasteiger partial charge in [-0.2, -0.15) is 0 Å². The average molecular weight is 200 g/mol. The second kappa shape index (κ2) is 4.88. The van der Waals surface area contributed by atoms with Crippen LogP contribution in [0.2, 0.25) is 0 Å². The summed E-state index contributed by atoms with van der Waals surface area (Å²) in [6, 6.07) is 0. The predicted octanol–water partition coefficient (Wildman–Crippen LogP) is 1.95. The lowest BCUT2D eigenvalue weighted by Crippen LogP contribution is -2.25. The van der Waals surface area contributed by atoms with Gasteiger partial charge < -0.3 is 14.2 Å². The minimum Gasteiger partial charge on any atom is -0.466 e. The Morgan fingerprint density at radius 1 is 1.43 bits per heavy atom. The number of esters is 1. The van der Waals surface area contributed by atoms with E-state index >= 15 is 0 Å². The summed E-state index contributed by atoms with van der Waals surface area (Å²) < 4.78 is 15.3. The number of hydrogen-bond acceptors (Lipinski definition) is 4. The van der Waals surface area contributed by atoms with Crippen molar-refractivity contribution in [2.75, 3.05) is 6.61 Å². The monoisotopic (exact) mass is 200 g/mol. The van der Waals surface area contributed by atoms with Gasteiger partial charge in [0.25, 0.3) is 0 Å². The molecular weight excluding hydrogens is 184 g/mol. The van der Waals surface area contributed by atoms with Crippen molar-refractivity contribution in [3.05, 3.63) is 12.5 Å². The lowest BCUT2D eigenvalue weighted by atomic mass is 10.1. The maximum absolute atomic E-state index is 11.0. The van der Waals surface area contributed by atoms with Crippen molar-refractivity contribution in [3.8, 4) is 0 Å². The Bertz CT molecular complexity index is 214. The molecule has 0 amide bonds. The van der Waals surface area contributed by atoms with Crippen LogP contribution in [0.3, 0.4) is 0 Å². The molecule has 0 aromatic heterocycles. The fourth-order valence-corrected chi connectivity index (χ4v) is 1.28. The molecule has 1 aliphatic rings. The lowest BCUT2D eigenvalue weighted by molar-refractivity contribution is -0.146. The summed E-state index contributed by atoms with van der Waals surface area (Å²) in [4.78, 5) is 11.0. The Morgan fingerprint density at radius 2 is 2.07 bits per heavy atom. The number of rotatable bonds is 5. The molecule has 1 rings (SSSR count). The average Bonchev–Trinajstić information content (AvgIpc) is 2.53. The van der Waals surface area contributed by atoms with Crippen molar-refractivity contribution in [2.24, 2.45) is 0 Å². The van der Waals surface area contributed by atoms with Crippen molar-refractivity contribution in [2.45, 2.75) is 38.9 Å². The topological polar surface area (TPSA) is 44.8 Å². The first-order valence-corrected chi connectivity index (χ1v) is 4.82. The zero-order valence-electron chi connectivity index (χ0n) is 8.62. The van der Waals surface area contributed by atoms with Gasteiger partial charge in [-0.25, -0.2) is 0 Å². The molecule has 4 heteroatoms. The molecule has 0 fully saturated rings. The van der Waals surface area contributed by atoms with Gasteiger partial charge in [0.05, 0.1) is 6.61 Å². The molecule has 0 aromatic carbocycles. The SMILES string of the molecule is CCOC(=O)CCCC1(C)OC=CO1. The van der Waals surface area contributed by atoms with E-state index in [0.29, 0.717) is 25.9 Å². The molecule has 4 nitrogen and oxygen atoms in total. The quantitative estimate of drug-likeness (QED) is 0.636. The molecule has 0 saturated heterocycles. The van der Waals surface area contributed by atoms with Gasteiger partial charge in [-0.1, -0.05) is 0 Å². The number of carbonyl (C=O) groups excluding carboxylic acids is 1. The Hall–Kier alpha value is -1.19. The third kappa shape index (κ3) is 3.28. The molecule has 0 spiro atoms.